The molecule has 41 heteroatoms. The second kappa shape index (κ2) is 47.7. The number of methoxy groups -OCH3 is 3. The zero-order valence-corrected chi connectivity index (χ0v) is 89.4. The van der Waals surface area contributed by atoms with E-state index in [1.165, 1.54) is 64.3 Å². The fraction of sp³-hybridized carbons (Fsp3) is 0.439. The average molecular weight is 2060 g/mol. The number of pyridine rings is 4. The maximum atomic E-state index is 13.4. The maximum Gasteiger partial charge on any atom is 0.425 e. The van der Waals surface area contributed by atoms with E-state index in [1.54, 1.807) is 184 Å². The van der Waals surface area contributed by atoms with Crippen molar-refractivity contribution in [1.29, 1.82) is 0 Å². The summed E-state index contributed by atoms with van der Waals surface area (Å²) in [5.41, 5.74) is 7.70. The summed E-state index contributed by atoms with van der Waals surface area (Å²) in [5, 5.41) is 17.9. The van der Waals surface area contributed by atoms with Gasteiger partial charge in [0.2, 0.25) is 23.6 Å². The molecule has 0 radical (unpaired) electrons. The number of carbonyl (C=O) groups excluding carboxylic acids is 15. The highest BCUT2D eigenvalue weighted by molar-refractivity contribution is 6.80. The monoisotopic (exact) mass is 2060 g/mol. The number of β-lactam (4-membered cyclic amide) rings is 4. The van der Waals surface area contributed by atoms with Crippen LogP contribution in [0.5, 0.6) is 0 Å². The van der Waals surface area contributed by atoms with Crippen molar-refractivity contribution in [3.8, 4) is 0 Å². The van der Waals surface area contributed by atoms with Gasteiger partial charge >= 0.3 is 72.5 Å². The smallest absolute Gasteiger partial charge is 0.425 e. The van der Waals surface area contributed by atoms with Crippen molar-refractivity contribution in [3.63, 3.8) is 0 Å². The molecule has 12 rings (SSSR count). The minimum absolute atomic E-state index is 0.0149. The molecule has 4 fully saturated rings. The van der Waals surface area contributed by atoms with Crippen molar-refractivity contribution in [1.82, 2.24) is 39.6 Å². The topological polar surface area (TPSA) is 510 Å². The molecule has 8 heterocycles. The van der Waals surface area contributed by atoms with E-state index in [4.69, 9.17) is 48.4 Å². The minimum Gasteiger partial charge on any atom is -0.480 e. The van der Waals surface area contributed by atoms with Crippen molar-refractivity contribution in [2.75, 3.05) is 52.4 Å². The van der Waals surface area contributed by atoms with E-state index in [2.05, 4.69) is 35.9 Å². The molecule has 8 aromatic rings. The molecule has 4 aliphatic rings. The van der Waals surface area contributed by atoms with Crippen molar-refractivity contribution < 1.29 is 124 Å². The van der Waals surface area contributed by atoms with Gasteiger partial charge in [0, 0.05) is 36.2 Å². The Balaban J connectivity index is 0.000000222. The number of urea groups is 2. The van der Waals surface area contributed by atoms with E-state index in [0.717, 1.165) is 37.6 Å². The number of nitrogens with one attached hydrogen (secondary N) is 3. The average Bonchev–Trinajstić information content (AvgIpc) is 0.731. The van der Waals surface area contributed by atoms with Gasteiger partial charge in [-0.25, -0.2) is 87.3 Å². The molecule has 8 atom stereocenters. The number of likely N-dealkylation sites (tertiary alicyclic amines) is 2. The number of amides is 14. The van der Waals surface area contributed by atoms with Crippen LogP contribution in [0.4, 0.5) is 73.0 Å². The number of aliphatic carboxylic acids is 1. The van der Waals surface area contributed by atoms with E-state index >= 15 is 0 Å². The molecule has 148 heavy (non-hydrogen) atoms. The summed E-state index contributed by atoms with van der Waals surface area (Å²) in [6.45, 7) is 40.0. The standard InChI is InChI=1S/C35H40N4O8.C26H41N3O7Si.C25H24N4O4.C21H29N3O7/c1-34(2,3)46-32(43)38(33(44)47-35(4,5)6)27-21-23(17-18-36-27)20-25-28(30(41)45-7)39(29(25)40)31(42)37-26-16-12-11-15-24(26)19-22-13-9-8-10-14-22;1-24(2,3)35-22(33)28(23(34)36-25(4,5)6)18-15-16(12-13-27-18)14-17-19(21(31)32)29(20(17)30)37(10,11)26(7,8)9;1-33-24(31)22-19(14-17-11-12-27-21(26)15-17)23(30)29(22)25(32)28-20-10-6-5-9-18(20)13-16-7-3-2-4-8-16;1-20(2,3)30-18(27)24(19(28)31-21(4,5)6)14-11-12(8-9-22-14)10-13-15(17(26)29-7)23-16(13)25/h8-18,21,25,28H,19-20H2,1-7H3,(H,37,42);12-13,15,17,19H,14H2,1-11H3,(H,31,32);2-12,15,19,22H,13-14H2,1H3,(H2,26,27)(H,28,32);8-9,11,13,15H,10H2,1-7H3,(H,23,25)/t25-,28+;17-,19+;19-,22+;13-,15+/m1111/s1. The molecule has 0 saturated carbocycles. The van der Waals surface area contributed by atoms with Crippen LogP contribution >= 0.6 is 0 Å². The summed E-state index contributed by atoms with van der Waals surface area (Å²) < 4.78 is 48.5. The van der Waals surface area contributed by atoms with Crippen LogP contribution in [0, 0.1) is 23.7 Å². The summed E-state index contributed by atoms with van der Waals surface area (Å²) >= 11 is 0. The Bertz CT molecular complexity index is 6150. The molecule has 4 aromatic carbocycles. The van der Waals surface area contributed by atoms with Crippen LogP contribution in [0.15, 0.2) is 183 Å². The molecule has 0 bridgehead atoms. The van der Waals surface area contributed by atoms with Gasteiger partial charge in [0.1, 0.15) is 69.0 Å². The minimum atomic E-state index is -2.41. The van der Waals surface area contributed by atoms with Gasteiger partial charge in [0.05, 0.1) is 45.0 Å². The fourth-order valence-electron chi connectivity index (χ4n) is 15.7. The second-order valence-corrected chi connectivity index (χ2v) is 48.0. The van der Waals surface area contributed by atoms with Gasteiger partial charge in [-0.2, -0.15) is 14.7 Å². The lowest BCUT2D eigenvalue weighted by Crippen LogP contribution is -2.75. The van der Waals surface area contributed by atoms with Gasteiger partial charge in [-0.3, -0.25) is 19.2 Å². The van der Waals surface area contributed by atoms with Crippen molar-refractivity contribution >= 4 is 139 Å². The van der Waals surface area contributed by atoms with Gasteiger partial charge < -0.3 is 74.0 Å². The summed E-state index contributed by atoms with van der Waals surface area (Å²) in [7, 11) is 1.24. The molecule has 4 aliphatic heterocycles. The third-order valence-corrected chi connectivity index (χ3v) is 28.8. The molecule has 792 valence electrons. The van der Waals surface area contributed by atoms with Crippen LogP contribution in [0.2, 0.25) is 18.1 Å². The number of carbonyl (C=O) groups is 16. The van der Waals surface area contributed by atoms with Gasteiger partial charge in [0.25, 0.3) is 0 Å². The quantitative estimate of drug-likeness (QED) is 0.0182. The van der Waals surface area contributed by atoms with Crippen molar-refractivity contribution in [2.45, 2.75) is 260 Å². The number of nitrogens with two attached hydrogens (primary N) is 1. The number of hydrogen-bond donors (Lipinski definition) is 5. The van der Waals surface area contributed by atoms with Crippen LogP contribution in [-0.2, 0) is 120 Å². The van der Waals surface area contributed by atoms with Crippen molar-refractivity contribution in [2.24, 2.45) is 23.7 Å². The van der Waals surface area contributed by atoms with E-state index in [1.807, 2.05) is 119 Å². The number of anilines is 6. The van der Waals surface area contributed by atoms with Crippen LogP contribution in [-0.4, -0.2) is 223 Å². The van der Waals surface area contributed by atoms with Crippen LogP contribution in [0.1, 0.15) is 190 Å². The zero-order chi connectivity index (χ0) is 110. The molecule has 0 aliphatic carbocycles. The normalized spacial score (nSPS) is 17.5. The summed E-state index contributed by atoms with van der Waals surface area (Å²) in [6.07, 6.45) is 1.58. The second-order valence-electron chi connectivity index (χ2n) is 42.9. The number of ether oxygens (including phenoxy) is 9. The Morgan fingerprint density at radius 3 is 0.939 bits per heavy atom. The van der Waals surface area contributed by atoms with Gasteiger partial charge in [-0.1, -0.05) is 131 Å². The Kier molecular flexibility index (Phi) is 37.4. The summed E-state index contributed by atoms with van der Waals surface area (Å²) in [4.78, 5) is 225. The molecule has 14 amide bonds. The van der Waals surface area contributed by atoms with E-state index in [0.29, 0.717) is 61.4 Å². The first kappa shape index (κ1) is 116. The highest BCUT2D eigenvalue weighted by Crippen LogP contribution is 2.47. The number of nitrogen functional groups attached to an aromatic ring is 1. The predicted octanol–water partition coefficient (Wildman–Crippen LogP) is 17.0. The zero-order valence-electron chi connectivity index (χ0n) is 88.4. The number of nitrogens with zero attached hydrogens (tertiary/aromatic N) is 10. The van der Waals surface area contributed by atoms with E-state index in [9.17, 15) is 81.8 Å². The number of aromatic nitrogens is 4. The highest BCUT2D eigenvalue weighted by atomic mass is 28.3. The highest BCUT2D eigenvalue weighted by Gasteiger charge is 2.61. The van der Waals surface area contributed by atoms with Crippen LogP contribution < -0.4 is 36.4 Å². The van der Waals surface area contributed by atoms with Gasteiger partial charge in [-0.15, -0.1) is 0 Å². The number of carboxylic acids is 1. The molecule has 6 N–H and O–H groups in total. The molecular formula is C107H134N14O26Si. The maximum absolute atomic E-state index is 13.4. The Morgan fingerprint density at radius 2 is 0.655 bits per heavy atom. The molecule has 4 saturated heterocycles. The number of hydrogen-bond acceptors (Lipinski definition) is 30. The number of benzene rings is 4. The Morgan fingerprint density at radius 1 is 0.372 bits per heavy atom. The van der Waals surface area contributed by atoms with E-state index < -0.39 is 174 Å². The fourth-order valence-corrected chi connectivity index (χ4v) is 18.1. The first-order valence-corrected chi connectivity index (χ1v) is 50.7. The number of carboxylic acid groups (broad SMARTS) is 1. The largest absolute Gasteiger partial charge is 0.480 e. The van der Waals surface area contributed by atoms with Crippen molar-refractivity contribution in [3.05, 3.63) is 227 Å². The molecule has 40 nitrogen and oxygen atoms in total. The first-order valence-electron chi connectivity index (χ1n) is 47.8. The van der Waals surface area contributed by atoms with Gasteiger partial charge in [-0.05, 0) is 273 Å². The Hall–Kier alpha value is -15.6. The third kappa shape index (κ3) is 31.0. The number of rotatable bonds is 22. The molecule has 0 unspecified atom stereocenters. The lowest BCUT2D eigenvalue weighted by molar-refractivity contribution is -0.167. The summed E-state index contributed by atoms with van der Waals surface area (Å²) in [5.74, 6) is -7.43. The summed E-state index contributed by atoms with van der Waals surface area (Å²) in [6, 6.07) is 41.4. The predicted molar refractivity (Wildman–Crippen MR) is 549 cm³/mol. The molecular weight excluding hydrogens is 1930 g/mol. The lowest BCUT2D eigenvalue weighted by Gasteiger charge is -2.56. The van der Waals surface area contributed by atoms with Gasteiger partial charge in [0.15, 0.2) is 20.3 Å². The van der Waals surface area contributed by atoms with Crippen LogP contribution in [0.3, 0.4) is 0 Å². The van der Waals surface area contributed by atoms with E-state index in [-0.39, 0.29) is 60.0 Å². The third-order valence-electron chi connectivity index (χ3n) is 23.4. The number of para-hydroxylation sites is 2. The lowest BCUT2D eigenvalue weighted by atomic mass is 9.82. The molecule has 0 spiro atoms. The number of imide groups is 5. The Labute approximate surface area is 861 Å². The SMILES string of the molecule is CC(C)(C)OC(=O)N(C(=O)OC(C)(C)C)c1cc(C[C@H]2C(=O)N([Si](C)(C)C(C)(C)C)[C@@H]2C(=O)O)ccn1.COC(=O)[C@@H]1[C@@H](Cc2ccnc(N(C(=O)OC(C)(C)C)C(=O)OC(C)(C)C)c2)C(=O)N1C(=O)Nc1ccccc1Cc1ccccc1.COC(=O)[C@@H]1[C@@H](Cc2ccnc(N)c2)C(=O)N1C(=O)Nc1ccccc1Cc1ccccc1.COC(=O)[C@H]1NC(=O)[C@@H]1Cc1ccnc(N(C(=O)OC(C)(C)C)C(=O)OC(C)(C)C)c1. The first-order chi connectivity index (χ1) is 68.8. The number of esters is 3. The van der Waals surface area contributed by atoms with Crippen LogP contribution in [0.25, 0.3) is 0 Å². The molecule has 4 aromatic heterocycles.